The average molecular weight is 374 g/mol. The van der Waals surface area contributed by atoms with Crippen LogP contribution in [0.2, 0.25) is 0 Å². The summed E-state index contributed by atoms with van der Waals surface area (Å²) >= 11 is 0. The highest BCUT2D eigenvalue weighted by Crippen LogP contribution is 2.18. The van der Waals surface area contributed by atoms with Crippen molar-refractivity contribution >= 4 is 34.5 Å². The van der Waals surface area contributed by atoms with Crippen molar-refractivity contribution in [1.82, 2.24) is 10.7 Å². The van der Waals surface area contributed by atoms with E-state index < -0.39 is 5.91 Å². The van der Waals surface area contributed by atoms with Crippen LogP contribution in [-0.4, -0.2) is 38.7 Å². The van der Waals surface area contributed by atoms with E-state index in [9.17, 15) is 9.59 Å². The molecule has 0 heterocycles. The molecule has 0 aliphatic rings. The third-order valence-corrected chi connectivity index (χ3v) is 4.26. The lowest BCUT2D eigenvalue weighted by atomic mass is 10.0. The lowest BCUT2D eigenvalue weighted by Gasteiger charge is -2.11. The molecule has 0 aliphatic carbocycles. The van der Waals surface area contributed by atoms with Gasteiger partial charge in [-0.3, -0.25) is 9.59 Å². The second-order valence-electron chi connectivity index (χ2n) is 6.49. The van der Waals surface area contributed by atoms with E-state index in [-0.39, 0.29) is 12.5 Å². The lowest BCUT2D eigenvalue weighted by molar-refractivity contribution is -0.120. The lowest BCUT2D eigenvalue weighted by Crippen LogP contribution is -2.35. The number of nitrogens with one attached hydrogen (secondary N) is 2. The summed E-state index contributed by atoms with van der Waals surface area (Å²) in [6.07, 6.45) is 1.56. The number of hydrazone groups is 1. The van der Waals surface area contributed by atoms with Crippen LogP contribution in [0.4, 0.5) is 5.69 Å². The zero-order chi connectivity index (χ0) is 19.9. The Hall–Kier alpha value is -3.67. The highest BCUT2D eigenvalue weighted by atomic mass is 16.2. The van der Waals surface area contributed by atoms with Gasteiger partial charge < -0.3 is 10.2 Å². The van der Waals surface area contributed by atoms with Crippen LogP contribution in [0.1, 0.15) is 15.9 Å². The molecule has 0 fully saturated rings. The SMILES string of the molecule is CN(C)c1ccc(/C=N/NC(=O)CNC(=O)c2cccc3ccccc23)cc1. The number of fused-ring (bicyclic) bond motifs is 1. The van der Waals surface area contributed by atoms with Gasteiger partial charge in [0.05, 0.1) is 12.8 Å². The summed E-state index contributed by atoms with van der Waals surface area (Å²) in [5.74, 6) is -0.690. The molecular weight excluding hydrogens is 352 g/mol. The topological polar surface area (TPSA) is 73.8 Å². The van der Waals surface area contributed by atoms with Crippen LogP contribution in [0, 0.1) is 0 Å². The third kappa shape index (κ3) is 4.73. The van der Waals surface area contributed by atoms with E-state index in [0.29, 0.717) is 5.56 Å². The third-order valence-electron chi connectivity index (χ3n) is 4.26. The second-order valence-corrected chi connectivity index (χ2v) is 6.49. The monoisotopic (exact) mass is 374 g/mol. The Morgan fingerprint density at radius 3 is 2.43 bits per heavy atom. The number of benzene rings is 3. The van der Waals surface area contributed by atoms with Crippen LogP contribution in [0.5, 0.6) is 0 Å². The molecule has 6 nitrogen and oxygen atoms in total. The van der Waals surface area contributed by atoms with Gasteiger partial charge >= 0.3 is 0 Å². The molecule has 0 aromatic heterocycles. The predicted octanol–water partition coefficient (Wildman–Crippen LogP) is 2.79. The molecule has 0 radical (unpaired) electrons. The minimum atomic E-state index is -0.394. The molecule has 0 saturated carbocycles. The van der Waals surface area contributed by atoms with Gasteiger partial charge in [0.15, 0.2) is 0 Å². The maximum atomic E-state index is 12.4. The Labute approximate surface area is 163 Å². The van der Waals surface area contributed by atoms with E-state index in [1.54, 1.807) is 12.3 Å². The average Bonchev–Trinajstić information content (AvgIpc) is 2.72. The number of anilines is 1. The fraction of sp³-hybridized carbons (Fsp3) is 0.136. The summed E-state index contributed by atoms with van der Waals surface area (Å²) < 4.78 is 0. The highest BCUT2D eigenvalue weighted by Gasteiger charge is 2.10. The molecule has 28 heavy (non-hydrogen) atoms. The molecule has 2 amide bonds. The number of carbonyl (C=O) groups is 2. The summed E-state index contributed by atoms with van der Waals surface area (Å²) in [7, 11) is 3.94. The van der Waals surface area contributed by atoms with Gasteiger partial charge in [-0.15, -0.1) is 0 Å². The predicted molar refractivity (Wildman–Crippen MR) is 113 cm³/mol. The summed E-state index contributed by atoms with van der Waals surface area (Å²) in [5, 5.41) is 8.38. The Morgan fingerprint density at radius 1 is 0.964 bits per heavy atom. The Kier molecular flexibility index (Phi) is 6.01. The van der Waals surface area contributed by atoms with E-state index >= 15 is 0 Å². The summed E-state index contributed by atoms with van der Waals surface area (Å²) in [4.78, 5) is 26.3. The van der Waals surface area contributed by atoms with Gasteiger partial charge in [-0.05, 0) is 34.5 Å². The highest BCUT2D eigenvalue weighted by molar-refractivity contribution is 6.07. The van der Waals surface area contributed by atoms with Gasteiger partial charge in [0.1, 0.15) is 0 Å². The first kappa shape index (κ1) is 19.1. The zero-order valence-corrected chi connectivity index (χ0v) is 15.8. The maximum Gasteiger partial charge on any atom is 0.259 e. The number of nitrogens with zero attached hydrogens (tertiary/aromatic N) is 2. The van der Waals surface area contributed by atoms with Crippen LogP contribution < -0.4 is 15.6 Å². The first-order chi connectivity index (χ1) is 13.5. The van der Waals surface area contributed by atoms with Gasteiger partial charge in [-0.2, -0.15) is 5.10 Å². The quantitative estimate of drug-likeness (QED) is 0.515. The molecule has 2 N–H and O–H groups in total. The first-order valence-electron chi connectivity index (χ1n) is 8.90. The molecule has 0 atom stereocenters. The standard InChI is InChI=1S/C22H22N4O2/c1-26(2)18-12-10-16(11-13-18)14-24-25-21(27)15-23-22(28)20-9-5-7-17-6-3-4-8-19(17)20/h3-14H,15H2,1-2H3,(H,23,28)(H,25,27)/b24-14+. The van der Waals surface area contributed by atoms with E-state index in [2.05, 4.69) is 15.8 Å². The van der Waals surface area contributed by atoms with Crippen LogP contribution in [0.15, 0.2) is 71.8 Å². The van der Waals surface area contributed by atoms with Crippen molar-refractivity contribution in [2.75, 3.05) is 25.5 Å². The molecule has 0 aliphatic heterocycles. The molecule has 0 unspecified atom stereocenters. The fourth-order valence-electron chi connectivity index (χ4n) is 2.76. The van der Waals surface area contributed by atoms with Crippen molar-refractivity contribution in [1.29, 1.82) is 0 Å². The fourth-order valence-corrected chi connectivity index (χ4v) is 2.76. The Morgan fingerprint density at radius 2 is 1.68 bits per heavy atom. The summed E-state index contributed by atoms with van der Waals surface area (Å²) in [6, 6.07) is 20.9. The summed E-state index contributed by atoms with van der Waals surface area (Å²) in [6.45, 7) is -0.154. The molecule has 3 aromatic carbocycles. The van der Waals surface area contributed by atoms with Crippen molar-refractivity contribution in [3.05, 3.63) is 77.9 Å². The molecule has 3 rings (SSSR count). The molecular formula is C22H22N4O2. The molecule has 0 saturated heterocycles. The summed E-state index contributed by atoms with van der Waals surface area (Å²) in [5.41, 5.74) is 4.90. The Balaban J connectivity index is 1.53. The van der Waals surface area contributed by atoms with Crippen LogP contribution >= 0.6 is 0 Å². The number of carbonyl (C=O) groups excluding carboxylic acids is 2. The molecule has 142 valence electrons. The maximum absolute atomic E-state index is 12.4. The van der Waals surface area contributed by atoms with E-state index in [4.69, 9.17) is 0 Å². The van der Waals surface area contributed by atoms with Gasteiger partial charge in [-0.25, -0.2) is 5.43 Å². The number of hydrogen-bond donors (Lipinski definition) is 2. The van der Waals surface area contributed by atoms with Crippen molar-refractivity contribution in [3.63, 3.8) is 0 Å². The zero-order valence-electron chi connectivity index (χ0n) is 15.8. The normalized spacial score (nSPS) is 10.8. The van der Waals surface area contributed by atoms with Gasteiger partial charge in [0.25, 0.3) is 11.8 Å². The van der Waals surface area contributed by atoms with Crippen LogP contribution in [0.3, 0.4) is 0 Å². The van der Waals surface area contributed by atoms with Crippen molar-refractivity contribution < 1.29 is 9.59 Å². The van der Waals surface area contributed by atoms with E-state index in [1.165, 1.54) is 0 Å². The van der Waals surface area contributed by atoms with Crippen LogP contribution in [0.25, 0.3) is 10.8 Å². The van der Waals surface area contributed by atoms with Crippen LogP contribution in [-0.2, 0) is 4.79 Å². The molecule has 6 heteroatoms. The molecule has 3 aromatic rings. The Bertz CT molecular complexity index is 1010. The number of hydrogen-bond acceptors (Lipinski definition) is 4. The second kappa shape index (κ2) is 8.81. The van der Waals surface area contributed by atoms with E-state index in [1.807, 2.05) is 79.7 Å². The first-order valence-corrected chi connectivity index (χ1v) is 8.90. The smallest absolute Gasteiger partial charge is 0.259 e. The molecule has 0 spiro atoms. The van der Waals surface area contributed by atoms with Gasteiger partial charge in [0, 0.05) is 25.3 Å². The number of amides is 2. The largest absolute Gasteiger partial charge is 0.378 e. The minimum Gasteiger partial charge on any atom is -0.378 e. The number of rotatable bonds is 6. The molecule has 0 bridgehead atoms. The van der Waals surface area contributed by atoms with Crippen molar-refractivity contribution in [3.8, 4) is 0 Å². The van der Waals surface area contributed by atoms with Gasteiger partial charge in [0.2, 0.25) is 0 Å². The minimum absolute atomic E-state index is 0.154. The van der Waals surface area contributed by atoms with Gasteiger partial charge in [-0.1, -0.05) is 48.5 Å². The van der Waals surface area contributed by atoms with E-state index in [0.717, 1.165) is 22.0 Å². The van der Waals surface area contributed by atoms with Crippen molar-refractivity contribution in [2.24, 2.45) is 5.10 Å². The van der Waals surface area contributed by atoms with Crippen molar-refractivity contribution in [2.45, 2.75) is 0 Å².